The van der Waals surface area contributed by atoms with Crippen molar-refractivity contribution >= 4 is 11.6 Å². The topological polar surface area (TPSA) is 42.0 Å². The summed E-state index contributed by atoms with van der Waals surface area (Å²) in [6, 6.07) is 20.1. The standard InChI is InChI=1S/C29H34N2O3/c1-5-33-28-13-12-24(19-25(28)20-34-26-10-6-8-21(2)18-26)29(32)31-16-14-30(15-17-31)27-11-7-9-22(3)23(27)4/h6-13,18-19H,5,14-17,20H2,1-4H3. The van der Waals surface area contributed by atoms with Gasteiger partial charge in [0.1, 0.15) is 18.1 Å². The second kappa shape index (κ2) is 10.6. The lowest BCUT2D eigenvalue weighted by Crippen LogP contribution is -2.49. The van der Waals surface area contributed by atoms with Crippen LogP contribution in [-0.4, -0.2) is 43.6 Å². The molecule has 1 heterocycles. The summed E-state index contributed by atoms with van der Waals surface area (Å²) < 4.78 is 11.8. The van der Waals surface area contributed by atoms with Crippen LogP contribution in [0.2, 0.25) is 0 Å². The Hall–Kier alpha value is -3.47. The van der Waals surface area contributed by atoms with Crippen LogP contribution in [0.4, 0.5) is 5.69 Å². The number of rotatable bonds is 7. The van der Waals surface area contributed by atoms with E-state index < -0.39 is 0 Å². The third-order valence-electron chi connectivity index (χ3n) is 6.47. The Balaban J connectivity index is 1.45. The first-order valence-electron chi connectivity index (χ1n) is 12.0. The Morgan fingerprint density at radius 1 is 0.882 bits per heavy atom. The van der Waals surface area contributed by atoms with Crippen LogP contribution >= 0.6 is 0 Å². The first kappa shape index (κ1) is 23.7. The van der Waals surface area contributed by atoms with Crippen LogP contribution in [-0.2, 0) is 6.61 Å². The predicted molar refractivity (Wildman–Crippen MR) is 137 cm³/mol. The molecular formula is C29H34N2O3. The minimum absolute atomic E-state index is 0.0560. The summed E-state index contributed by atoms with van der Waals surface area (Å²) >= 11 is 0. The van der Waals surface area contributed by atoms with Crippen LogP contribution in [0.3, 0.4) is 0 Å². The number of carbonyl (C=O) groups is 1. The van der Waals surface area contributed by atoms with Crippen LogP contribution in [0, 0.1) is 20.8 Å². The molecule has 0 bridgehead atoms. The van der Waals surface area contributed by atoms with E-state index in [2.05, 4.69) is 36.9 Å². The maximum absolute atomic E-state index is 13.3. The molecule has 0 aliphatic carbocycles. The zero-order valence-corrected chi connectivity index (χ0v) is 20.6. The molecule has 0 N–H and O–H groups in total. The summed E-state index contributed by atoms with van der Waals surface area (Å²) in [7, 11) is 0. The zero-order chi connectivity index (χ0) is 24.1. The minimum Gasteiger partial charge on any atom is -0.493 e. The van der Waals surface area contributed by atoms with Crippen LogP contribution in [0.5, 0.6) is 11.5 Å². The fraction of sp³-hybridized carbons (Fsp3) is 0.345. The Morgan fingerprint density at radius 2 is 1.65 bits per heavy atom. The maximum atomic E-state index is 13.3. The lowest BCUT2D eigenvalue weighted by atomic mass is 10.1. The summed E-state index contributed by atoms with van der Waals surface area (Å²) in [6.07, 6.45) is 0. The van der Waals surface area contributed by atoms with Crippen molar-refractivity contribution in [3.8, 4) is 11.5 Å². The lowest BCUT2D eigenvalue weighted by molar-refractivity contribution is 0.0746. The Morgan fingerprint density at radius 3 is 2.38 bits per heavy atom. The van der Waals surface area contributed by atoms with Gasteiger partial charge in [-0.05, 0) is 80.8 Å². The number of anilines is 1. The Labute approximate surface area is 202 Å². The third-order valence-corrected chi connectivity index (χ3v) is 6.47. The molecule has 1 saturated heterocycles. The van der Waals surface area contributed by atoms with Gasteiger partial charge >= 0.3 is 0 Å². The molecule has 0 atom stereocenters. The SMILES string of the molecule is CCOc1ccc(C(=O)N2CCN(c3cccc(C)c3C)CC2)cc1COc1cccc(C)c1. The van der Waals surface area contributed by atoms with E-state index >= 15 is 0 Å². The molecule has 178 valence electrons. The van der Waals surface area contributed by atoms with E-state index in [4.69, 9.17) is 9.47 Å². The van der Waals surface area contributed by atoms with Crippen molar-refractivity contribution in [1.29, 1.82) is 0 Å². The van der Waals surface area contributed by atoms with Gasteiger partial charge in [0.05, 0.1) is 6.61 Å². The van der Waals surface area contributed by atoms with Crippen molar-refractivity contribution in [3.05, 3.63) is 88.5 Å². The molecule has 5 heteroatoms. The molecule has 3 aromatic carbocycles. The van der Waals surface area contributed by atoms with Crippen molar-refractivity contribution < 1.29 is 14.3 Å². The number of benzene rings is 3. The largest absolute Gasteiger partial charge is 0.493 e. The molecule has 5 nitrogen and oxygen atoms in total. The number of hydrogen-bond donors (Lipinski definition) is 0. The maximum Gasteiger partial charge on any atom is 0.253 e. The molecule has 0 saturated carbocycles. The Kier molecular flexibility index (Phi) is 7.41. The van der Waals surface area contributed by atoms with Crippen LogP contribution in [0.1, 0.15) is 39.5 Å². The third kappa shape index (κ3) is 5.36. The molecule has 1 aliphatic rings. The van der Waals surface area contributed by atoms with E-state index in [9.17, 15) is 4.79 Å². The molecule has 3 aromatic rings. The molecular weight excluding hydrogens is 424 g/mol. The van der Waals surface area contributed by atoms with Crippen molar-refractivity contribution in [3.63, 3.8) is 0 Å². The Bertz CT molecular complexity index is 1150. The van der Waals surface area contributed by atoms with Gasteiger partial charge in [-0.15, -0.1) is 0 Å². The second-order valence-corrected chi connectivity index (χ2v) is 8.86. The highest BCUT2D eigenvalue weighted by Gasteiger charge is 2.24. The van der Waals surface area contributed by atoms with Gasteiger partial charge in [-0.3, -0.25) is 4.79 Å². The van der Waals surface area contributed by atoms with Gasteiger partial charge in [0, 0.05) is 43.0 Å². The summed E-state index contributed by atoms with van der Waals surface area (Å²) in [5.74, 6) is 1.62. The number of aryl methyl sites for hydroxylation is 2. The summed E-state index contributed by atoms with van der Waals surface area (Å²) in [6.45, 7) is 12.3. The van der Waals surface area contributed by atoms with E-state index in [1.54, 1.807) is 0 Å². The van der Waals surface area contributed by atoms with Crippen molar-refractivity contribution in [2.45, 2.75) is 34.3 Å². The molecule has 1 fully saturated rings. The van der Waals surface area contributed by atoms with E-state index in [0.717, 1.165) is 35.7 Å². The van der Waals surface area contributed by atoms with E-state index in [0.29, 0.717) is 31.9 Å². The highest BCUT2D eigenvalue weighted by molar-refractivity contribution is 5.94. The van der Waals surface area contributed by atoms with E-state index in [1.807, 2.05) is 61.2 Å². The molecule has 0 unspecified atom stereocenters. The van der Waals surface area contributed by atoms with E-state index in [1.165, 1.54) is 16.8 Å². The van der Waals surface area contributed by atoms with Gasteiger partial charge in [-0.2, -0.15) is 0 Å². The van der Waals surface area contributed by atoms with Crippen LogP contribution in [0.25, 0.3) is 0 Å². The highest BCUT2D eigenvalue weighted by Crippen LogP contribution is 2.26. The van der Waals surface area contributed by atoms with E-state index in [-0.39, 0.29) is 5.91 Å². The predicted octanol–water partition coefficient (Wildman–Crippen LogP) is 5.55. The summed E-state index contributed by atoms with van der Waals surface area (Å²) in [5, 5.41) is 0. The molecule has 1 aliphatic heterocycles. The van der Waals surface area contributed by atoms with Crippen molar-refractivity contribution in [1.82, 2.24) is 4.90 Å². The van der Waals surface area contributed by atoms with Gasteiger partial charge in [-0.25, -0.2) is 0 Å². The molecule has 0 radical (unpaired) electrons. The number of carbonyl (C=O) groups excluding carboxylic acids is 1. The summed E-state index contributed by atoms with van der Waals surface area (Å²) in [4.78, 5) is 17.7. The average molecular weight is 459 g/mol. The molecule has 0 aromatic heterocycles. The lowest BCUT2D eigenvalue weighted by Gasteiger charge is -2.37. The quantitative estimate of drug-likeness (QED) is 0.465. The van der Waals surface area contributed by atoms with Gasteiger partial charge in [0.25, 0.3) is 5.91 Å². The smallest absolute Gasteiger partial charge is 0.253 e. The molecule has 0 spiro atoms. The fourth-order valence-corrected chi connectivity index (χ4v) is 4.40. The summed E-state index contributed by atoms with van der Waals surface area (Å²) in [5.41, 5.74) is 6.57. The van der Waals surface area contributed by atoms with Crippen LogP contribution in [0.15, 0.2) is 60.7 Å². The highest BCUT2D eigenvalue weighted by atomic mass is 16.5. The fourth-order valence-electron chi connectivity index (χ4n) is 4.40. The number of nitrogens with zero attached hydrogens (tertiary/aromatic N) is 2. The van der Waals surface area contributed by atoms with Gasteiger partial charge in [0.15, 0.2) is 0 Å². The first-order chi connectivity index (χ1) is 16.5. The van der Waals surface area contributed by atoms with Gasteiger partial charge in [0.2, 0.25) is 0 Å². The monoisotopic (exact) mass is 458 g/mol. The second-order valence-electron chi connectivity index (χ2n) is 8.86. The minimum atomic E-state index is 0.0560. The average Bonchev–Trinajstić information content (AvgIpc) is 2.85. The van der Waals surface area contributed by atoms with Crippen LogP contribution < -0.4 is 14.4 Å². The number of amides is 1. The van der Waals surface area contributed by atoms with Gasteiger partial charge in [-0.1, -0.05) is 24.3 Å². The van der Waals surface area contributed by atoms with Gasteiger partial charge < -0.3 is 19.3 Å². The number of hydrogen-bond acceptors (Lipinski definition) is 4. The number of ether oxygens (including phenoxy) is 2. The zero-order valence-electron chi connectivity index (χ0n) is 20.6. The number of piperazine rings is 1. The molecule has 1 amide bonds. The molecule has 34 heavy (non-hydrogen) atoms. The normalized spacial score (nSPS) is 13.6. The van der Waals surface area contributed by atoms with Crippen molar-refractivity contribution in [2.75, 3.05) is 37.7 Å². The van der Waals surface area contributed by atoms with Crippen molar-refractivity contribution in [2.24, 2.45) is 0 Å². The molecule has 4 rings (SSSR count). The first-order valence-corrected chi connectivity index (χ1v) is 12.0.